The summed E-state index contributed by atoms with van der Waals surface area (Å²) in [5.41, 5.74) is 8.63. The zero-order valence-electron chi connectivity index (χ0n) is 11.6. The van der Waals surface area contributed by atoms with Gasteiger partial charge in [-0.3, -0.25) is 0 Å². The molecule has 0 unspecified atom stereocenters. The molecule has 0 bridgehead atoms. The molecule has 0 aliphatic rings. The van der Waals surface area contributed by atoms with Gasteiger partial charge in [0, 0.05) is 31.2 Å². The Labute approximate surface area is 119 Å². The average Bonchev–Trinajstić information content (AvgIpc) is 2.46. The van der Waals surface area contributed by atoms with E-state index in [1.54, 1.807) is 24.3 Å². The molecule has 0 atom stereocenters. The molecule has 2 aromatic rings. The quantitative estimate of drug-likeness (QED) is 0.938. The van der Waals surface area contributed by atoms with E-state index >= 15 is 0 Å². The molecule has 0 saturated carbocycles. The predicted octanol–water partition coefficient (Wildman–Crippen LogP) is 2.32. The summed E-state index contributed by atoms with van der Waals surface area (Å²) in [5, 5.41) is 0. The van der Waals surface area contributed by atoms with Gasteiger partial charge >= 0.3 is 0 Å². The summed E-state index contributed by atoms with van der Waals surface area (Å²) in [6.45, 7) is 0.495. The van der Waals surface area contributed by atoms with Gasteiger partial charge in [0.15, 0.2) is 9.84 Å². The van der Waals surface area contributed by atoms with E-state index < -0.39 is 9.84 Å². The van der Waals surface area contributed by atoms with Crippen LogP contribution in [0.1, 0.15) is 5.56 Å². The van der Waals surface area contributed by atoms with Crippen molar-refractivity contribution >= 4 is 21.2 Å². The van der Waals surface area contributed by atoms with Gasteiger partial charge in [-0.25, -0.2) is 8.42 Å². The molecule has 0 fully saturated rings. The first kappa shape index (κ1) is 14.6. The number of hydrogen-bond donors (Lipinski definition) is 1. The number of anilines is 2. The number of benzene rings is 2. The molecule has 0 aliphatic carbocycles. The standard InChI is InChI=1S/C15H18N2O2S/c1-17(14-5-3-4-12(10-14)11-16)13-6-8-15(9-7-13)20(2,18)19/h3-10H,11,16H2,1-2H3. The number of nitrogens with zero attached hydrogens (tertiary/aromatic N) is 1. The second kappa shape index (κ2) is 5.64. The first-order valence-electron chi connectivity index (χ1n) is 6.24. The van der Waals surface area contributed by atoms with Crippen LogP contribution in [0.25, 0.3) is 0 Å². The smallest absolute Gasteiger partial charge is 0.175 e. The van der Waals surface area contributed by atoms with Crippen molar-refractivity contribution in [3.05, 3.63) is 54.1 Å². The van der Waals surface area contributed by atoms with Gasteiger partial charge in [-0.1, -0.05) is 12.1 Å². The highest BCUT2D eigenvalue weighted by molar-refractivity contribution is 7.90. The van der Waals surface area contributed by atoms with Crippen molar-refractivity contribution in [3.63, 3.8) is 0 Å². The Kier molecular flexibility index (Phi) is 4.11. The van der Waals surface area contributed by atoms with Crippen LogP contribution in [-0.4, -0.2) is 21.7 Å². The summed E-state index contributed by atoms with van der Waals surface area (Å²) in [7, 11) is -1.22. The maximum Gasteiger partial charge on any atom is 0.175 e. The molecule has 2 rings (SSSR count). The minimum absolute atomic E-state index is 0.324. The summed E-state index contributed by atoms with van der Waals surface area (Å²) in [5.74, 6) is 0. The average molecular weight is 290 g/mol. The van der Waals surface area contributed by atoms with E-state index in [2.05, 4.69) is 0 Å². The van der Waals surface area contributed by atoms with Crippen LogP contribution in [0.15, 0.2) is 53.4 Å². The third-order valence-electron chi connectivity index (χ3n) is 3.19. The Bertz CT molecular complexity index is 694. The van der Waals surface area contributed by atoms with Gasteiger partial charge in [-0.2, -0.15) is 0 Å². The third-order valence-corrected chi connectivity index (χ3v) is 4.31. The van der Waals surface area contributed by atoms with Gasteiger partial charge in [0.2, 0.25) is 0 Å². The lowest BCUT2D eigenvalue weighted by Gasteiger charge is -2.20. The Morgan fingerprint density at radius 1 is 1.05 bits per heavy atom. The van der Waals surface area contributed by atoms with Crippen molar-refractivity contribution in [2.45, 2.75) is 11.4 Å². The minimum Gasteiger partial charge on any atom is -0.345 e. The molecule has 0 amide bonds. The molecule has 0 radical (unpaired) electrons. The fourth-order valence-corrected chi connectivity index (χ4v) is 2.59. The lowest BCUT2D eigenvalue weighted by Crippen LogP contribution is -2.10. The van der Waals surface area contributed by atoms with E-state index in [-0.39, 0.29) is 0 Å². The van der Waals surface area contributed by atoms with Crippen LogP contribution in [0, 0.1) is 0 Å². The van der Waals surface area contributed by atoms with Gasteiger partial charge < -0.3 is 10.6 Å². The van der Waals surface area contributed by atoms with Gasteiger partial charge in [0.05, 0.1) is 4.90 Å². The summed E-state index contributed by atoms with van der Waals surface area (Å²) < 4.78 is 22.9. The summed E-state index contributed by atoms with van der Waals surface area (Å²) in [6.07, 6.45) is 1.20. The van der Waals surface area contributed by atoms with E-state index in [1.165, 1.54) is 6.26 Å². The van der Waals surface area contributed by atoms with Crippen LogP contribution in [0.5, 0.6) is 0 Å². The molecular formula is C15H18N2O2S. The van der Waals surface area contributed by atoms with E-state index in [1.807, 2.05) is 36.2 Å². The van der Waals surface area contributed by atoms with Crippen LogP contribution < -0.4 is 10.6 Å². The molecule has 0 aliphatic heterocycles. The van der Waals surface area contributed by atoms with Crippen molar-refractivity contribution < 1.29 is 8.42 Å². The predicted molar refractivity (Wildman–Crippen MR) is 81.9 cm³/mol. The Morgan fingerprint density at radius 3 is 2.25 bits per heavy atom. The van der Waals surface area contributed by atoms with Crippen LogP contribution in [0.4, 0.5) is 11.4 Å². The lowest BCUT2D eigenvalue weighted by molar-refractivity contribution is 0.602. The number of hydrogen-bond acceptors (Lipinski definition) is 4. The molecule has 0 heterocycles. The maximum absolute atomic E-state index is 11.4. The number of rotatable bonds is 4. The van der Waals surface area contributed by atoms with Crippen molar-refractivity contribution in [1.82, 2.24) is 0 Å². The van der Waals surface area contributed by atoms with E-state index in [0.29, 0.717) is 11.4 Å². The normalized spacial score (nSPS) is 11.3. The molecule has 20 heavy (non-hydrogen) atoms. The summed E-state index contributed by atoms with van der Waals surface area (Å²) in [4.78, 5) is 2.32. The van der Waals surface area contributed by atoms with Crippen molar-refractivity contribution in [3.8, 4) is 0 Å². The van der Waals surface area contributed by atoms with Gasteiger partial charge in [0.1, 0.15) is 0 Å². The second-order valence-electron chi connectivity index (χ2n) is 4.70. The number of sulfone groups is 1. The molecule has 4 nitrogen and oxygen atoms in total. The fraction of sp³-hybridized carbons (Fsp3) is 0.200. The van der Waals surface area contributed by atoms with Gasteiger partial charge in [-0.15, -0.1) is 0 Å². The second-order valence-corrected chi connectivity index (χ2v) is 6.71. The number of nitrogens with two attached hydrogens (primary N) is 1. The molecular weight excluding hydrogens is 272 g/mol. The van der Waals surface area contributed by atoms with Crippen LogP contribution >= 0.6 is 0 Å². The molecule has 5 heteroatoms. The van der Waals surface area contributed by atoms with Gasteiger partial charge in [-0.05, 0) is 42.0 Å². The van der Waals surface area contributed by atoms with Crippen LogP contribution in [-0.2, 0) is 16.4 Å². The summed E-state index contributed by atoms with van der Waals surface area (Å²) >= 11 is 0. The van der Waals surface area contributed by atoms with E-state index in [0.717, 1.165) is 16.9 Å². The van der Waals surface area contributed by atoms with E-state index in [9.17, 15) is 8.42 Å². The molecule has 0 saturated heterocycles. The third kappa shape index (κ3) is 3.18. The largest absolute Gasteiger partial charge is 0.345 e. The minimum atomic E-state index is -3.16. The Hall–Kier alpha value is -1.85. The molecule has 106 valence electrons. The topological polar surface area (TPSA) is 63.4 Å². The Morgan fingerprint density at radius 2 is 1.70 bits per heavy atom. The highest BCUT2D eigenvalue weighted by atomic mass is 32.2. The Balaban J connectivity index is 2.31. The van der Waals surface area contributed by atoms with Gasteiger partial charge in [0.25, 0.3) is 0 Å². The molecule has 0 aromatic heterocycles. The van der Waals surface area contributed by atoms with E-state index in [4.69, 9.17) is 5.73 Å². The highest BCUT2D eigenvalue weighted by Gasteiger charge is 2.09. The monoisotopic (exact) mass is 290 g/mol. The van der Waals surface area contributed by atoms with Crippen LogP contribution in [0.2, 0.25) is 0 Å². The first-order chi connectivity index (χ1) is 9.41. The van der Waals surface area contributed by atoms with Crippen molar-refractivity contribution in [1.29, 1.82) is 0 Å². The zero-order valence-corrected chi connectivity index (χ0v) is 12.4. The van der Waals surface area contributed by atoms with Crippen LogP contribution in [0.3, 0.4) is 0 Å². The first-order valence-corrected chi connectivity index (χ1v) is 8.14. The summed E-state index contributed by atoms with van der Waals surface area (Å²) in [6, 6.07) is 14.8. The molecule has 0 spiro atoms. The maximum atomic E-state index is 11.4. The molecule has 2 aromatic carbocycles. The van der Waals surface area contributed by atoms with Crippen molar-refractivity contribution in [2.24, 2.45) is 5.73 Å². The molecule has 2 N–H and O–H groups in total. The van der Waals surface area contributed by atoms with Crippen molar-refractivity contribution in [2.75, 3.05) is 18.2 Å². The SMILES string of the molecule is CN(c1ccc(S(C)(=O)=O)cc1)c1cccc(CN)c1. The highest BCUT2D eigenvalue weighted by Crippen LogP contribution is 2.25. The zero-order chi connectivity index (χ0) is 14.8. The fourth-order valence-electron chi connectivity index (χ4n) is 1.96. The lowest BCUT2D eigenvalue weighted by atomic mass is 10.2.